The van der Waals surface area contributed by atoms with Gasteiger partial charge in [-0.25, -0.2) is 9.59 Å². The largest absolute Gasteiger partial charge is 0.494 e. The summed E-state index contributed by atoms with van der Waals surface area (Å²) in [5.41, 5.74) is 0.755. The lowest BCUT2D eigenvalue weighted by Gasteiger charge is -2.14. The summed E-state index contributed by atoms with van der Waals surface area (Å²) < 4.78 is 22.0. The number of unbranched alkanes of at least 4 members (excludes halogenated alkanes) is 6. The second kappa shape index (κ2) is 19.3. The van der Waals surface area contributed by atoms with E-state index in [1.165, 1.54) is 19.3 Å². The van der Waals surface area contributed by atoms with Gasteiger partial charge >= 0.3 is 11.9 Å². The standard InChI is InChI=1S/C32H43NO7/c1-4-7-10-11-14-23-37-26-19-17-25(18-20-26)31(35)33-27-15-12-13-16-28(27)40-29(32(36)39-22-9-6-3)24-30(34)38-21-8-5-2/h12-13,15-20,24H,4-11,14,21-23H2,1-3H3,(H,33,35)/b29-24+. The molecule has 0 bridgehead atoms. The molecule has 0 fully saturated rings. The van der Waals surface area contributed by atoms with Crippen molar-refractivity contribution >= 4 is 23.5 Å². The van der Waals surface area contributed by atoms with Crippen LogP contribution in [0.5, 0.6) is 11.5 Å². The van der Waals surface area contributed by atoms with E-state index in [4.69, 9.17) is 18.9 Å². The minimum absolute atomic E-state index is 0.180. The van der Waals surface area contributed by atoms with Gasteiger partial charge < -0.3 is 24.3 Å². The zero-order chi connectivity index (χ0) is 29.0. The molecule has 0 saturated carbocycles. The highest BCUT2D eigenvalue weighted by molar-refractivity contribution is 6.05. The van der Waals surface area contributed by atoms with Crippen LogP contribution in [-0.2, 0) is 19.1 Å². The summed E-state index contributed by atoms with van der Waals surface area (Å²) in [5.74, 6) is -1.30. The first-order valence-electron chi connectivity index (χ1n) is 14.3. The number of amides is 1. The van der Waals surface area contributed by atoms with Gasteiger partial charge in [-0.1, -0.05) is 71.4 Å². The lowest BCUT2D eigenvalue weighted by molar-refractivity contribution is -0.143. The zero-order valence-corrected chi connectivity index (χ0v) is 24.0. The number of carbonyl (C=O) groups excluding carboxylic acids is 3. The average Bonchev–Trinajstić information content (AvgIpc) is 2.96. The van der Waals surface area contributed by atoms with Crippen LogP contribution < -0.4 is 14.8 Å². The number of rotatable bonds is 19. The van der Waals surface area contributed by atoms with Crippen molar-refractivity contribution in [3.05, 3.63) is 65.9 Å². The summed E-state index contributed by atoms with van der Waals surface area (Å²) >= 11 is 0. The highest BCUT2D eigenvalue weighted by Gasteiger charge is 2.19. The highest BCUT2D eigenvalue weighted by atomic mass is 16.6. The number of carbonyl (C=O) groups is 3. The SMILES string of the molecule is CCCCCCCOc1ccc(C(=O)Nc2ccccc2O/C(=C/C(=O)OCCCC)C(=O)OCCCC)cc1. The van der Waals surface area contributed by atoms with Crippen LogP contribution >= 0.6 is 0 Å². The predicted molar refractivity (Wildman–Crippen MR) is 156 cm³/mol. The summed E-state index contributed by atoms with van der Waals surface area (Å²) in [6.45, 7) is 7.21. The second-order valence-corrected chi connectivity index (χ2v) is 9.36. The third-order valence-corrected chi connectivity index (χ3v) is 5.91. The molecule has 8 nitrogen and oxygen atoms in total. The van der Waals surface area contributed by atoms with Crippen molar-refractivity contribution in [3.8, 4) is 11.5 Å². The Hall–Kier alpha value is -3.81. The van der Waals surface area contributed by atoms with E-state index in [0.717, 1.165) is 31.8 Å². The average molecular weight is 554 g/mol. The molecule has 0 atom stereocenters. The number of hydrogen-bond donors (Lipinski definition) is 1. The molecule has 0 spiro atoms. The first kappa shape index (κ1) is 32.4. The van der Waals surface area contributed by atoms with Crippen LogP contribution in [0.15, 0.2) is 60.4 Å². The minimum Gasteiger partial charge on any atom is -0.494 e. The second-order valence-electron chi connectivity index (χ2n) is 9.36. The normalized spacial score (nSPS) is 11.0. The summed E-state index contributed by atoms with van der Waals surface area (Å²) in [5, 5.41) is 2.81. The number of esters is 2. The van der Waals surface area contributed by atoms with E-state index in [1.807, 2.05) is 13.8 Å². The molecule has 0 aromatic heterocycles. The quantitative estimate of drug-likeness (QED) is 0.0847. The predicted octanol–water partition coefficient (Wildman–Crippen LogP) is 7.24. The van der Waals surface area contributed by atoms with Gasteiger partial charge in [0.25, 0.3) is 5.91 Å². The molecule has 0 radical (unpaired) electrons. The van der Waals surface area contributed by atoms with Crippen LogP contribution in [0.4, 0.5) is 5.69 Å². The number of anilines is 1. The van der Waals surface area contributed by atoms with E-state index in [0.29, 0.717) is 36.4 Å². The Bertz CT molecular complexity index is 1080. The molecule has 0 saturated heterocycles. The van der Waals surface area contributed by atoms with Gasteiger partial charge in [-0.05, 0) is 55.7 Å². The van der Waals surface area contributed by atoms with E-state index in [2.05, 4.69) is 12.2 Å². The van der Waals surface area contributed by atoms with Gasteiger partial charge in [-0.15, -0.1) is 0 Å². The van der Waals surface area contributed by atoms with Crippen molar-refractivity contribution < 1.29 is 33.3 Å². The monoisotopic (exact) mass is 553 g/mol. The number of para-hydroxylation sites is 2. The fraction of sp³-hybridized carbons (Fsp3) is 0.469. The van der Waals surface area contributed by atoms with Gasteiger partial charge in [0.2, 0.25) is 5.76 Å². The molecule has 8 heteroatoms. The van der Waals surface area contributed by atoms with Gasteiger partial charge in [-0.3, -0.25) is 4.79 Å². The number of ether oxygens (including phenoxy) is 4. The van der Waals surface area contributed by atoms with Crippen molar-refractivity contribution in [2.75, 3.05) is 25.1 Å². The van der Waals surface area contributed by atoms with Crippen LogP contribution in [-0.4, -0.2) is 37.7 Å². The molecule has 0 unspecified atom stereocenters. The Kier molecular flexibility index (Phi) is 15.6. The first-order valence-corrected chi connectivity index (χ1v) is 14.3. The van der Waals surface area contributed by atoms with Gasteiger partial charge in [0.1, 0.15) is 5.75 Å². The van der Waals surface area contributed by atoms with Crippen molar-refractivity contribution in [2.24, 2.45) is 0 Å². The number of benzene rings is 2. The fourth-order valence-corrected chi connectivity index (χ4v) is 3.55. The summed E-state index contributed by atoms with van der Waals surface area (Å²) in [7, 11) is 0. The maximum Gasteiger partial charge on any atom is 0.374 e. The molecule has 1 amide bonds. The maximum atomic E-state index is 13.0. The molecule has 2 aromatic rings. The van der Waals surface area contributed by atoms with Gasteiger partial charge in [0, 0.05) is 5.56 Å². The van der Waals surface area contributed by atoms with E-state index in [9.17, 15) is 14.4 Å². The molecule has 0 heterocycles. The molecule has 2 aromatic carbocycles. The van der Waals surface area contributed by atoms with Crippen LogP contribution in [0.3, 0.4) is 0 Å². The Morgan fingerprint density at radius 1 is 0.725 bits per heavy atom. The molecule has 218 valence electrons. The minimum atomic E-state index is -0.789. The van der Waals surface area contributed by atoms with E-state index in [1.54, 1.807) is 48.5 Å². The molecule has 0 aliphatic heterocycles. The number of nitrogens with one attached hydrogen (secondary N) is 1. The highest BCUT2D eigenvalue weighted by Crippen LogP contribution is 2.27. The molecule has 0 aliphatic rings. The van der Waals surface area contributed by atoms with E-state index < -0.39 is 11.9 Å². The zero-order valence-electron chi connectivity index (χ0n) is 24.0. The van der Waals surface area contributed by atoms with Crippen molar-refractivity contribution in [1.29, 1.82) is 0 Å². The first-order chi connectivity index (χ1) is 19.5. The Labute approximate surface area is 238 Å². The summed E-state index contributed by atoms with van der Waals surface area (Å²) in [6.07, 6.45) is 9.86. The van der Waals surface area contributed by atoms with Crippen LogP contribution in [0.1, 0.15) is 88.9 Å². The van der Waals surface area contributed by atoms with Crippen LogP contribution in [0, 0.1) is 0 Å². The molecule has 1 N–H and O–H groups in total. The van der Waals surface area contributed by atoms with Gasteiger partial charge in [0.15, 0.2) is 5.75 Å². The fourth-order valence-electron chi connectivity index (χ4n) is 3.55. The maximum absolute atomic E-state index is 13.0. The van der Waals surface area contributed by atoms with Gasteiger partial charge in [-0.2, -0.15) is 0 Å². The molecule has 2 rings (SSSR count). The number of hydrogen-bond acceptors (Lipinski definition) is 7. The third kappa shape index (κ3) is 12.4. The van der Waals surface area contributed by atoms with E-state index in [-0.39, 0.29) is 30.6 Å². The van der Waals surface area contributed by atoms with Crippen LogP contribution in [0.25, 0.3) is 0 Å². The summed E-state index contributed by atoms with van der Waals surface area (Å²) in [6, 6.07) is 13.6. The van der Waals surface area contributed by atoms with Gasteiger partial charge in [0.05, 0.1) is 31.6 Å². The van der Waals surface area contributed by atoms with Crippen molar-refractivity contribution in [1.82, 2.24) is 0 Å². The molecule has 40 heavy (non-hydrogen) atoms. The Morgan fingerprint density at radius 2 is 1.38 bits per heavy atom. The molecule has 0 aliphatic carbocycles. The Morgan fingerprint density at radius 3 is 2.08 bits per heavy atom. The smallest absolute Gasteiger partial charge is 0.374 e. The molecular weight excluding hydrogens is 510 g/mol. The Balaban J connectivity index is 2.07. The lowest BCUT2D eigenvalue weighted by atomic mass is 10.1. The lowest BCUT2D eigenvalue weighted by Crippen LogP contribution is -2.18. The topological polar surface area (TPSA) is 100 Å². The summed E-state index contributed by atoms with van der Waals surface area (Å²) in [4.78, 5) is 37.9. The van der Waals surface area contributed by atoms with Crippen molar-refractivity contribution in [2.45, 2.75) is 78.6 Å². The van der Waals surface area contributed by atoms with E-state index >= 15 is 0 Å². The van der Waals surface area contributed by atoms with Crippen LogP contribution in [0.2, 0.25) is 0 Å². The third-order valence-electron chi connectivity index (χ3n) is 5.91. The molecular formula is C32H43NO7. The van der Waals surface area contributed by atoms with Crippen molar-refractivity contribution in [3.63, 3.8) is 0 Å².